The number of sulfone groups is 1. The predicted octanol–water partition coefficient (Wildman–Crippen LogP) is 1.26. The first-order valence-corrected chi connectivity index (χ1v) is 9.14. The maximum Gasteiger partial charge on any atom is 0.175 e. The summed E-state index contributed by atoms with van der Waals surface area (Å²) >= 11 is 0. The van der Waals surface area contributed by atoms with Gasteiger partial charge in [0.05, 0.1) is 17.5 Å². The first kappa shape index (κ1) is 15.1. The highest BCUT2D eigenvalue weighted by Crippen LogP contribution is 2.34. The molecule has 1 N–H and O–H groups in total. The fraction of sp³-hybridized carbons (Fsp3) is 0.500. The second-order valence-electron chi connectivity index (χ2n) is 5.71. The van der Waals surface area contributed by atoms with Gasteiger partial charge in [-0.15, -0.1) is 5.10 Å². The van der Waals surface area contributed by atoms with Crippen molar-refractivity contribution >= 4 is 9.84 Å². The number of hydrogen-bond acceptors (Lipinski definition) is 6. The molecule has 1 heterocycles. The smallest absolute Gasteiger partial charge is 0.175 e. The molecule has 3 rings (SSSR count). The summed E-state index contributed by atoms with van der Waals surface area (Å²) in [5, 5.41) is 15.2. The number of rotatable bonds is 6. The lowest BCUT2D eigenvalue weighted by molar-refractivity contribution is 0.516. The molecule has 1 aromatic heterocycles. The molecule has 1 atom stereocenters. The second kappa shape index (κ2) is 5.77. The maximum atomic E-state index is 11.5. The van der Waals surface area contributed by atoms with E-state index < -0.39 is 9.84 Å². The third-order valence-corrected chi connectivity index (χ3v) is 4.96. The number of aromatic nitrogens is 4. The summed E-state index contributed by atoms with van der Waals surface area (Å²) in [5.41, 5.74) is 1.03. The maximum absolute atomic E-state index is 11.5. The second-order valence-corrected chi connectivity index (χ2v) is 7.73. The largest absolute Gasteiger partial charge is 0.303 e. The quantitative estimate of drug-likeness (QED) is 0.861. The zero-order valence-electron chi connectivity index (χ0n) is 12.6. The first-order valence-electron chi connectivity index (χ1n) is 7.25. The van der Waals surface area contributed by atoms with Gasteiger partial charge in [0.1, 0.15) is 0 Å². The monoisotopic (exact) mass is 321 g/mol. The summed E-state index contributed by atoms with van der Waals surface area (Å²) in [6, 6.07) is 7.47. The van der Waals surface area contributed by atoms with Crippen LogP contribution in [0.15, 0.2) is 29.2 Å². The molecule has 0 bridgehead atoms. The third kappa shape index (κ3) is 3.33. The topological polar surface area (TPSA) is 89.8 Å². The van der Waals surface area contributed by atoms with E-state index in [1.807, 2.05) is 23.7 Å². The van der Waals surface area contributed by atoms with Gasteiger partial charge in [0.2, 0.25) is 0 Å². The minimum absolute atomic E-state index is 0.0814. The molecule has 1 fully saturated rings. The van der Waals surface area contributed by atoms with Gasteiger partial charge in [-0.1, -0.05) is 12.1 Å². The zero-order valence-corrected chi connectivity index (χ0v) is 13.4. The fourth-order valence-corrected chi connectivity index (χ4v) is 2.93. The molecule has 0 spiro atoms. The van der Waals surface area contributed by atoms with Crippen molar-refractivity contribution in [2.24, 2.45) is 0 Å². The summed E-state index contributed by atoms with van der Waals surface area (Å²) in [7, 11) is -3.15. The van der Waals surface area contributed by atoms with E-state index in [0.29, 0.717) is 17.5 Å². The van der Waals surface area contributed by atoms with Gasteiger partial charge in [0.25, 0.3) is 0 Å². The lowest BCUT2D eigenvalue weighted by Gasteiger charge is -2.14. The third-order valence-electron chi connectivity index (χ3n) is 3.83. The molecular weight excluding hydrogens is 302 g/mol. The van der Waals surface area contributed by atoms with E-state index in [9.17, 15) is 8.42 Å². The average Bonchev–Trinajstić information content (AvgIpc) is 3.22. The molecule has 0 unspecified atom stereocenters. The van der Waals surface area contributed by atoms with Crippen LogP contribution < -0.4 is 5.32 Å². The number of hydrogen-bond donors (Lipinski definition) is 1. The number of benzene rings is 1. The van der Waals surface area contributed by atoms with Crippen LogP contribution in [0, 0.1) is 0 Å². The van der Waals surface area contributed by atoms with Crippen molar-refractivity contribution in [3.05, 3.63) is 35.7 Å². The van der Waals surface area contributed by atoms with Crippen LogP contribution in [0.25, 0.3) is 0 Å². The van der Waals surface area contributed by atoms with E-state index in [4.69, 9.17) is 0 Å². The number of nitrogens with zero attached hydrogens (tertiary/aromatic N) is 4. The van der Waals surface area contributed by atoms with Gasteiger partial charge in [-0.2, -0.15) is 0 Å². The van der Waals surface area contributed by atoms with Crippen LogP contribution >= 0.6 is 0 Å². The van der Waals surface area contributed by atoms with E-state index in [1.165, 1.54) is 6.26 Å². The Bertz CT molecular complexity index is 750. The van der Waals surface area contributed by atoms with Gasteiger partial charge in [-0.05, 0) is 47.9 Å². The predicted molar refractivity (Wildman–Crippen MR) is 80.9 cm³/mol. The molecule has 1 aromatic carbocycles. The van der Waals surface area contributed by atoms with Crippen LogP contribution in [0.1, 0.15) is 43.2 Å². The van der Waals surface area contributed by atoms with Crippen LogP contribution in [-0.4, -0.2) is 34.9 Å². The van der Waals surface area contributed by atoms with Gasteiger partial charge >= 0.3 is 0 Å². The van der Waals surface area contributed by atoms with Crippen LogP contribution in [0.3, 0.4) is 0 Å². The Morgan fingerprint density at radius 3 is 2.59 bits per heavy atom. The molecule has 22 heavy (non-hydrogen) atoms. The molecule has 118 valence electrons. The standard InChI is InChI=1S/C14H19N5O2S/c1-10(11-3-7-13(8-4-11)22(2,20)21)15-9-14-16-17-18-19(14)12-5-6-12/h3-4,7-8,10,12,15H,5-6,9H2,1-2H3/t10-/m1/s1. The highest BCUT2D eigenvalue weighted by Gasteiger charge is 2.27. The highest BCUT2D eigenvalue weighted by molar-refractivity contribution is 7.90. The van der Waals surface area contributed by atoms with E-state index in [2.05, 4.69) is 20.8 Å². The van der Waals surface area contributed by atoms with Crippen molar-refractivity contribution in [3.8, 4) is 0 Å². The van der Waals surface area contributed by atoms with E-state index in [1.54, 1.807) is 12.1 Å². The zero-order chi connectivity index (χ0) is 15.7. The Labute approximate surface area is 129 Å². The Kier molecular flexibility index (Phi) is 3.96. The summed E-state index contributed by atoms with van der Waals surface area (Å²) in [4.78, 5) is 0.334. The van der Waals surface area contributed by atoms with E-state index in [0.717, 1.165) is 24.2 Å². The Hall–Kier alpha value is -1.80. The van der Waals surface area contributed by atoms with Gasteiger partial charge < -0.3 is 5.32 Å². The van der Waals surface area contributed by atoms with E-state index in [-0.39, 0.29) is 6.04 Å². The molecule has 0 aliphatic heterocycles. The van der Waals surface area contributed by atoms with Crippen LogP contribution in [0.5, 0.6) is 0 Å². The minimum Gasteiger partial charge on any atom is -0.303 e. The SMILES string of the molecule is C[C@@H](NCc1nnnn1C1CC1)c1ccc(S(C)(=O)=O)cc1. The Morgan fingerprint density at radius 2 is 2.00 bits per heavy atom. The summed E-state index contributed by atoms with van der Waals surface area (Å²) in [5.74, 6) is 0.835. The molecule has 7 nitrogen and oxygen atoms in total. The minimum atomic E-state index is -3.15. The van der Waals surface area contributed by atoms with Gasteiger partial charge in [0.15, 0.2) is 15.7 Å². The lowest BCUT2D eigenvalue weighted by atomic mass is 10.1. The van der Waals surface area contributed by atoms with Crippen molar-refractivity contribution in [3.63, 3.8) is 0 Å². The van der Waals surface area contributed by atoms with Crippen molar-refractivity contribution in [1.29, 1.82) is 0 Å². The molecule has 1 aliphatic carbocycles. The summed E-state index contributed by atoms with van der Waals surface area (Å²) in [6.45, 7) is 2.61. The van der Waals surface area contributed by atoms with Crippen LogP contribution in [0.4, 0.5) is 0 Å². The lowest BCUT2D eigenvalue weighted by Crippen LogP contribution is -2.21. The molecule has 1 saturated carbocycles. The Morgan fingerprint density at radius 1 is 1.32 bits per heavy atom. The normalized spacial score (nSPS) is 16.6. The highest BCUT2D eigenvalue weighted by atomic mass is 32.2. The molecule has 0 saturated heterocycles. The fourth-order valence-electron chi connectivity index (χ4n) is 2.30. The average molecular weight is 321 g/mol. The van der Waals surface area contributed by atoms with Crippen molar-refractivity contribution in [2.75, 3.05) is 6.26 Å². The molecular formula is C14H19N5O2S. The van der Waals surface area contributed by atoms with Crippen LogP contribution in [-0.2, 0) is 16.4 Å². The molecule has 8 heteroatoms. The van der Waals surface area contributed by atoms with Gasteiger partial charge in [0, 0.05) is 12.3 Å². The van der Waals surface area contributed by atoms with Crippen molar-refractivity contribution in [2.45, 2.75) is 43.3 Å². The number of tetrazole rings is 1. The molecule has 0 radical (unpaired) electrons. The first-order chi connectivity index (χ1) is 10.4. The molecule has 1 aliphatic rings. The Balaban J connectivity index is 1.64. The van der Waals surface area contributed by atoms with E-state index >= 15 is 0 Å². The van der Waals surface area contributed by atoms with Crippen molar-refractivity contribution < 1.29 is 8.42 Å². The van der Waals surface area contributed by atoms with Crippen molar-refractivity contribution in [1.82, 2.24) is 25.5 Å². The molecule has 0 amide bonds. The van der Waals surface area contributed by atoms with Gasteiger partial charge in [-0.25, -0.2) is 13.1 Å². The van der Waals surface area contributed by atoms with Gasteiger partial charge in [-0.3, -0.25) is 0 Å². The van der Waals surface area contributed by atoms with Crippen LogP contribution in [0.2, 0.25) is 0 Å². The summed E-state index contributed by atoms with van der Waals surface area (Å²) in [6.07, 6.45) is 3.49. The molecule has 2 aromatic rings. The summed E-state index contributed by atoms with van der Waals surface area (Å²) < 4.78 is 24.8. The number of nitrogens with one attached hydrogen (secondary N) is 1.